The number of halogens is 1. The monoisotopic (exact) mass is 359 g/mol. The fourth-order valence-corrected chi connectivity index (χ4v) is 1.91. The van der Waals surface area contributed by atoms with Gasteiger partial charge in [-0.2, -0.15) is 5.10 Å². The summed E-state index contributed by atoms with van der Waals surface area (Å²) in [5, 5.41) is 15.0. The molecular weight excluding hydrogens is 345 g/mol. The first kappa shape index (κ1) is 18.6. The van der Waals surface area contributed by atoms with Crippen LogP contribution in [0.3, 0.4) is 0 Å². The first-order chi connectivity index (χ1) is 12.4. The molecule has 3 N–H and O–H groups in total. The summed E-state index contributed by atoms with van der Waals surface area (Å²) in [5.41, 5.74) is 2.56. The summed E-state index contributed by atoms with van der Waals surface area (Å²) in [7, 11) is 1.34. The highest BCUT2D eigenvalue weighted by Crippen LogP contribution is 2.19. The fraction of sp³-hybridized carbons (Fsp3) is 0.0588. The molecule has 0 radical (unpaired) electrons. The van der Waals surface area contributed by atoms with Crippen LogP contribution in [0.5, 0.6) is 5.75 Å². The molecule has 2 aromatic carbocycles. The second-order valence-electron chi connectivity index (χ2n) is 4.93. The second kappa shape index (κ2) is 8.38. The number of nitrogens with one attached hydrogen (secondary N) is 2. The van der Waals surface area contributed by atoms with E-state index in [0.717, 1.165) is 12.1 Å². The molecule has 26 heavy (non-hydrogen) atoms. The van der Waals surface area contributed by atoms with Gasteiger partial charge in [-0.3, -0.25) is 9.59 Å². The third kappa shape index (κ3) is 4.87. The van der Waals surface area contributed by atoms with Gasteiger partial charge in [0.05, 0.1) is 13.3 Å². The number of hydrazone groups is 1. The van der Waals surface area contributed by atoms with E-state index in [1.165, 1.54) is 43.7 Å². The molecule has 0 fully saturated rings. The number of carbonyl (C=O) groups excluding carboxylic acids is 2. The van der Waals surface area contributed by atoms with Crippen LogP contribution in [0, 0.1) is 5.82 Å². The first-order valence-electron chi connectivity index (χ1n) is 7.22. The number of ether oxygens (including phenoxy) is 1. The Balaban J connectivity index is 1.97. The number of carboxylic acid groups (broad SMARTS) is 1. The summed E-state index contributed by atoms with van der Waals surface area (Å²) < 4.78 is 17.7. The molecule has 2 amide bonds. The van der Waals surface area contributed by atoms with Crippen LogP contribution >= 0.6 is 0 Å². The molecule has 0 saturated carbocycles. The van der Waals surface area contributed by atoms with Crippen molar-refractivity contribution in [2.24, 2.45) is 5.10 Å². The number of rotatable bonds is 5. The zero-order valence-electron chi connectivity index (χ0n) is 13.5. The van der Waals surface area contributed by atoms with Crippen molar-refractivity contribution < 1.29 is 28.6 Å². The minimum Gasteiger partial charge on any atom is -0.496 e. The molecule has 0 aliphatic rings. The quantitative estimate of drug-likeness (QED) is 0.426. The molecule has 0 heterocycles. The zero-order valence-corrected chi connectivity index (χ0v) is 13.5. The summed E-state index contributed by atoms with van der Waals surface area (Å²) >= 11 is 0. The van der Waals surface area contributed by atoms with Gasteiger partial charge < -0.3 is 15.2 Å². The van der Waals surface area contributed by atoms with Gasteiger partial charge >= 0.3 is 17.8 Å². The maximum Gasteiger partial charge on any atom is 0.339 e. The Kier molecular flexibility index (Phi) is 5.99. The number of benzene rings is 2. The maximum absolute atomic E-state index is 12.8. The van der Waals surface area contributed by atoms with Crippen LogP contribution in [0.25, 0.3) is 0 Å². The summed E-state index contributed by atoms with van der Waals surface area (Å²) in [4.78, 5) is 34.5. The highest BCUT2D eigenvalue weighted by Gasteiger charge is 2.13. The smallest absolute Gasteiger partial charge is 0.339 e. The SMILES string of the molecule is COc1ccc(/C=N\NC(=O)C(=O)Nc2ccc(F)cc2)cc1C(=O)O. The topological polar surface area (TPSA) is 117 Å². The number of aromatic carboxylic acids is 1. The number of nitrogens with zero attached hydrogens (tertiary/aromatic N) is 1. The lowest BCUT2D eigenvalue weighted by Gasteiger charge is -2.05. The van der Waals surface area contributed by atoms with Crippen molar-refractivity contribution in [1.29, 1.82) is 0 Å². The molecule has 0 spiro atoms. The molecule has 2 rings (SSSR count). The summed E-state index contributed by atoms with van der Waals surface area (Å²) in [6, 6.07) is 9.14. The molecular formula is C17H14FN3O5. The third-order valence-corrected chi connectivity index (χ3v) is 3.14. The van der Waals surface area contributed by atoms with Crippen LogP contribution in [-0.2, 0) is 9.59 Å². The summed E-state index contributed by atoms with van der Waals surface area (Å²) in [6.07, 6.45) is 1.18. The number of hydrogen-bond donors (Lipinski definition) is 3. The third-order valence-electron chi connectivity index (χ3n) is 3.14. The van der Waals surface area contributed by atoms with Gasteiger partial charge in [0.1, 0.15) is 17.1 Å². The number of carbonyl (C=O) groups is 3. The van der Waals surface area contributed by atoms with Crippen molar-refractivity contribution in [2.45, 2.75) is 0 Å². The molecule has 0 unspecified atom stereocenters. The molecule has 0 aliphatic heterocycles. The van der Waals surface area contributed by atoms with Gasteiger partial charge in [0.25, 0.3) is 0 Å². The molecule has 8 nitrogen and oxygen atoms in total. The average Bonchev–Trinajstić information content (AvgIpc) is 2.63. The van der Waals surface area contributed by atoms with Crippen molar-refractivity contribution in [3.63, 3.8) is 0 Å². The van der Waals surface area contributed by atoms with Gasteiger partial charge in [-0.25, -0.2) is 14.6 Å². The lowest BCUT2D eigenvalue weighted by Crippen LogP contribution is -2.32. The number of anilines is 1. The Hall–Kier alpha value is -3.75. The van der Waals surface area contributed by atoms with E-state index in [1.807, 2.05) is 5.43 Å². The number of amides is 2. The lowest BCUT2D eigenvalue weighted by molar-refractivity contribution is -0.136. The molecule has 0 aliphatic carbocycles. The first-order valence-corrected chi connectivity index (χ1v) is 7.22. The fourth-order valence-electron chi connectivity index (χ4n) is 1.91. The van der Waals surface area contributed by atoms with E-state index in [-0.39, 0.29) is 17.0 Å². The number of carboxylic acids is 1. The van der Waals surface area contributed by atoms with Crippen LogP contribution in [0.4, 0.5) is 10.1 Å². The van der Waals surface area contributed by atoms with E-state index in [2.05, 4.69) is 10.4 Å². The van der Waals surface area contributed by atoms with Gasteiger partial charge in [-0.05, 0) is 48.0 Å². The van der Waals surface area contributed by atoms with Gasteiger partial charge in [-0.1, -0.05) is 0 Å². The van der Waals surface area contributed by atoms with Crippen molar-refractivity contribution in [3.8, 4) is 5.75 Å². The number of hydrogen-bond acceptors (Lipinski definition) is 5. The highest BCUT2D eigenvalue weighted by molar-refractivity contribution is 6.39. The van der Waals surface area contributed by atoms with Gasteiger partial charge in [0.15, 0.2) is 0 Å². The van der Waals surface area contributed by atoms with E-state index >= 15 is 0 Å². The van der Waals surface area contributed by atoms with Crippen LogP contribution < -0.4 is 15.5 Å². The number of methoxy groups -OCH3 is 1. The average molecular weight is 359 g/mol. The molecule has 0 atom stereocenters. The molecule has 2 aromatic rings. The summed E-state index contributed by atoms with van der Waals surface area (Å²) in [5.74, 6) is -3.51. The maximum atomic E-state index is 12.8. The van der Waals surface area contributed by atoms with Crippen LogP contribution in [0.15, 0.2) is 47.6 Å². The van der Waals surface area contributed by atoms with Crippen LogP contribution in [-0.4, -0.2) is 36.2 Å². The Bertz CT molecular complexity index is 865. The van der Waals surface area contributed by atoms with Crippen molar-refractivity contribution >= 4 is 29.7 Å². The Morgan fingerprint density at radius 1 is 1.12 bits per heavy atom. The molecule has 9 heteroatoms. The minimum atomic E-state index is -1.18. The predicted octanol–water partition coefficient (Wildman–Crippen LogP) is 1.62. The van der Waals surface area contributed by atoms with Crippen molar-refractivity contribution in [2.75, 3.05) is 12.4 Å². The molecule has 0 saturated heterocycles. The van der Waals surface area contributed by atoms with Gasteiger partial charge in [-0.15, -0.1) is 0 Å². The van der Waals surface area contributed by atoms with Crippen LogP contribution in [0.2, 0.25) is 0 Å². The van der Waals surface area contributed by atoms with Gasteiger partial charge in [0, 0.05) is 5.69 Å². The minimum absolute atomic E-state index is 0.0724. The standard InChI is InChI=1S/C17H14FN3O5/c1-26-14-7-2-10(8-13(14)17(24)25)9-19-21-16(23)15(22)20-12-5-3-11(18)4-6-12/h2-9H,1H3,(H,20,22)(H,21,23)(H,24,25)/b19-9-. The Labute approximate surface area is 147 Å². The molecule has 0 bridgehead atoms. The predicted molar refractivity (Wildman–Crippen MR) is 90.7 cm³/mol. The highest BCUT2D eigenvalue weighted by atomic mass is 19.1. The van der Waals surface area contributed by atoms with E-state index in [9.17, 15) is 18.8 Å². The van der Waals surface area contributed by atoms with Crippen LogP contribution in [0.1, 0.15) is 15.9 Å². The van der Waals surface area contributed by atoms with E-state index in [0.29, 0.717) is 5.56 Å². The van der Waals surface area contributed by atoms with Crippen molar-refractivity contribution in [1.82, 2.24) is 5.43 Å². The molecule has 134 valence electrons. The van der Waals surface area contributed by atoms with Gasteiger partial charge in [0.2, 0.25) is 0 Å². The van der Waals surface area contributed by atoms with E-state index in [1.54, 1.807) is 0 Å². The normalized spacial score (nSPS) is 10.4. The lowest BCUT2D eigenvalue weighted by atomic mass is 10.1. The van der Waals surface area contributed by atoms with E-state index in [4.69, 9.17) is 9.84 Å². The van der Waals surface area contributed by atoms with E-state index < -0.39 is 23.6 Å². The Morgan fingerprint density at radius 3 is 2.42 bits per heavy atom. The Morgan fingerprint density at radius 2 is 1.81 bits per heavy atom. The summed E-state index contributed by atoms with van der Waals surface area (Å²) in [6.45, 7) is 0. The van der Waals surface area contributed by atoms with Crippen molar-refractivity contribution in [3.05, 3.63) is 59.4 Å². The zero-order chi connectivity index (χ0) is 19.1. The molecule has 0 aromatic heterocycles. The largest absolute Gasteiger partial charge is 0.496 e. The second-order valence-corrected chi connectivity index (χ2v) is 4.93.